The van der Waals surface area contributed by atoms with Gasteiger partial charge >= 0.3 is 0 Å². The molecule has 4 aliphatic rings. The standard InChI is InChI=1S/C106H88B2N4S2/c1-103(2,3)69-47-51-87-79(55-69)80-56-70(104(4,5)6)48-52-88(80)109(87)73-59-93-99-97(61-73)113-95-64-96-86(63-85(95)107(99)83-43-25-27-45-91(83)111(93)101-75(65-31-17-13-18-32-65)39-29-40-76(101)66-33-19-14-20-34-66)108-84-44-26-28-46-92(84)112(102-77(67-35-21-15-22-36-67)41-30-42-78(102)68-37-23-16-24-38-68)94-60-74(62-98(114-96)100(94)108)110-89-53-49-71(105(7,8)9)57-81(89)82-58-72(106(10,11)12)50-54-90(82)110/h13-64H,1-12H3. The normalized spacial score (nSPS) is 13.6. The Hall–Kier alpha value is -11.7. The minimum Gasteiger partial charge on any atom is -0.310 e. The van der Waals surface area contributed by atoms with Gasteiger partial charge in [0, 0.05) is 97.5 Å². The zero-order chi connectivity index (χ0) is 77.6. The first-order chi connectivity index (χ1) is 55.1. The Morgan fingerprint density at radius 2 is 0.526 bits per heavy atom. The lowest BCUT2D eigenvalue weighted by Gasteiger charge is -2.43. The molecule has 21 rings (SSSR count). The number of anilines is 6. The van der Waals surface area contributed by atoms with Gasteiger partial charge in [-0.15, -0.1) is 0 Å². The maximum atomic E-state index is 2.69. The quantitative estimate of drug-likeness (QED) is 0.141. The second-order valence-corrected chi connectivity index (χ2v) is 38.2. The van der Waals surface area contributed by atoms with Crippen molar-refractivity contribution in [1.29, 1.82) is 0 Å². The highest BCUT2D eigenvalue weighted by molar-refractivity contribution is 8.01. The minimum absolute atomic E-state index is 0.0537. The molecular formula is C106H88B2N4S2. The first-order valence-corrected chi connectivity index (χ1v) is 42.1. The highest BCUT2D eigenvalue weighted by atomic mass is 32.2. The van der Waals surface area contributed by atoms with Gasteiger partial charge in [-0.2, -0.15) is 0 Å². The number of hydrogen-bond acceptors (Lipinski definition) is 4. The number of para-hydroxylation sites is 4. The number of nitrogens with zero attached hydrogens (tertiary/aromatic N) is 4. The van der Waals surface area contributed by atoms with Gasteiger partial charge in [-0.25, -0.2) is 0 Å². The Bertz CT molecular complexity index is 6180. The molecular weight excluding hydrogens is 1410 g/mol. The predicted molar refractivity (Wildman–Crippen MR) is 491 cm³/mol. The number of hydrogen-bond donors (Lipinski definition) is 0. The molecule has 4 aliphatic heterocycles. The average Bonchev–Trinajstić information content (AvgIpc) is 0.838. The molecule has 2 aromatic heterocycles. The maximum Gasteiger partial charge on any atom is 0.249 e. The summed E-state index contributed by atoms with van der Waals surface area (Å²) in [6.45, 7) is 27.8. The molecule has 0 unspecified atom stereocenters. The van der Waals surface area contributed by atoms with Crippen molar-refractivity contribution in [3.63, 3.8) is 0 Å². The van der Waals surface area contributed by atoms with Gasteiger partial charge in [-0.3, -0.25) is 0 Å². The van der Waals surface area contributed by atoms with Crippen LogP contribution in [0.4, 0.5) is 34.1 Å². The summed E-state index contributed by atoms with van der Waals surface area (Å²) in [6, 6.07) is 122. The lowest BCUT2D eigenvalue weighted by Crippen LogP contribution is -2.63. The highest BCUT2D eigenvalue weighted by Crippen LogP contribution is 2.54. The molecule has 6 heterocycles. The molecule has 0 amide bonds. The summed E-state index contributed by atoms with van der Waals surface area (Å²) in [5.74, 6) is 0. The van der Waals surface area contributed by atoms with E-state index in [2.05, 4.69) is 417 Å². The second kappa shape index (κ2) is 25.9. The van der Waals surface area contributed by atoms with Crippen LogP contribution in [-0.4, -0.2) is 22.6 Å². The lowest BCUT2D eigenvalue weighted by atomic mass is 9.32. The van der Waals surface area contributed by atoms with Gasteiger partial charge < -0.3 is 18.9 Å². The molecule has 0 aliphatic carbocycles. The smallest absolute Gasteiger partial charge is 0.249 e. The highest BCUT2D eigenvalue weighted by Gasteiger charge is 2.47. The molecule has 0 spiro atoms. The summed E-state index contributed by atoms with van der Waals surface area (Å²) in [5.41, 5.74) is 36.5. The van der Waals surface area contributed by atoms with Crippen molar-refractivity contribution in [3.05, 3.63) is 338 Å². The van der Waals surface area contributed by atoms with Crippen LogP contribution < -0.4 is 42.6 Å². The Morgan fingerprint density at radius 3 is 0.825 bits per heavy atom. The van der Waals surface area contributed by atoms with Crippen molar-refractivity contribution in [2.24, 2.45) is 0 Å². The molecule has 114 heavy (non-hydrogen) atoms. The third kappa shape index (κ3) is 11.1. The number of rotatable bonds is 8. The maximum absolute atomic E-state index is 2.69. The average molecular weight is 1500 g/mol. The molecule has 550 valence electrons. The van der Waals surface area contributed by atoms with E-state index in [-0.39, 0.29) is 35.1 Å². The van der Waals surface area contributed by atoms with Crippen molar-refractivity contribution in [1.82, 2.24) is 9.13 Å². The number of benzene rings is 15. The van der Waals surface area contributed by atoms with E-state index in [1.165, 1.54) is 185 Å². The molecule has 0 fully saturated rings. The van der Waals surface area contributed by atoms with E-state index in [0.29, 0.717) is 0 Å². The van der Waals surface area contributed by atoms with E-state index in [1.54, 1.807) is 0 Å². The zero-order valence-corrected chi connectivity index (χ0v) is 68.4. The Morgan fingerprint density at radius 1 is 0.237 bits per heavy atom. The molecule has 15 aromatic carbocycles. The van der Waals surface area contributed by atoms with Crippen LogP contribution in [0.15, 0.2) is 335 Å². The zero-order valence-electron chi connectivity index (χ0n) is 66.8. The Kier molecular flexibility index (Phi) is 16.0. The van der Waals surface area contributed by atoms with Crippen LogP contribution in [0, 0.1) is 0 Å². The largest absolute Gasteiger partial charge is 0.310 e. The van der Waals surface area contributed by atoms with Crippen molar-refractivity contribution < 1.29 is 0 Å². The molecule has 0 bridgehead atoms. The molecule has 0 radical (unpaired) electrons. The van der Waals surface area contributed by atoms with Crippen molar-refractivity contribution in [2.75, 3.05) is 9.80 Å². The van der Waals surface area contributed by atoms with Crippen molar-refractivity contribution >= 4 is 147 Å². The van der Waals surface area contributed by atoms with Crippen LogP contribution in [0.5, 0.6) is 0 Å². The molecule has 0 N–H and O–H groups in total. The van der Waals surface area contributed by atoms with Crippen LogP contribution in [0.25, 0.3) is 99.5 Å². The van der Waals surface area contributed by atoms with Crippen LogP contribution in [0.3, 0.4) is 0 Å². The molecule has 0 saturated carbocycles. The van der Waals surface area contributed by atoms with Crippen molar-refractivity contribution in [2.45, 2.75) is 124 Å². The van der Waals surface area contributed by atoms with E-state index >= 15 is 0 Å². The van der Waals surface area contributed by atoms with Crippen LogP contribution >= 0.6 is 23.5 Å². The number of fused-ring (bicyclic) bond motifs is 14. The Balaban J connectivity index is 0.842. The van der Waals surface area contributed by atoms with Gasteiger partial charge in [0.1, 0.15) is 0 Å². The van der Waals surface area contributed by atoms with E-state index < -0.39 is 0 Å². The SMILES string of the molecule is CC(C)(C)c1ccc2c(c1)c1cc(C(C)(C)C)ccc1n2-c1cc2c3c(c1)N(c1c(-c4ccccc4)cccc1-c1ccccc1)c1ccccc1B3c1cc3c(cc1S2)Sc1cc(-n2c4ccc(C(C)(C)C)cc4c4cc(C(C)(C)C)ccc42)cc2c1B3c1ccccc1N2c1c(-c2ccccc2)cccc1-c1ccccc1. The lowest BCUT2D eigenvalue weighted by molar-refractivity contribution is 0.590. The summed E-state index contributed by atoms with van der Waals surface area (Å²) in [7, 11) is 0. The third-order valence-corrected chi connectivity index (χ3v) is 27.1. The molecule has 17 aromatic rings. The van der Waals surface area contributed by atoms with Crippen LogP contribution in [0.2, 0.25) is 0 Å². The summed E-state index contributed by atoms with van der Waals surface area (Å²) >= 11 is 3.93. The summed E-state index contributed by atoms with van der Waals surface area (Å²) in [6.07, 6.45) is 0. The predicted octanol–water partition coefficient (Wildman–Crippen LogP) is 25.3. The van der Waals surface area contributed by atoms with Gasteiger partial charge in [-0.05, 0) is 179 Å². The minimum atomic E-state index is -0.133. The van der Waals surface area contributed by atoms with Gasteiger partial charge in [0.15, 0.2) is 0 Å². The fourth-order valence-corrected chi connectivity index (χ4v) is 21.6. The van der Waals surface area contributed by atoms with Crippen LogP contribution in [-0.2, 0) is 21.7 Å². The third-order valence-electron chi connectivity index (χ3n) is 24.8. The first kappa shape index (κ1) is 70.2. The fourth-order valence-electron chi connectivity index (χ4n) is 19.0. The molecule has 0 atom stereocenters. The van der Waals surface area contributed by atoms with Crippen molar-refractivity contribution in [3.8, 4) is 55.9 Å². The summed E-state index contributed by atoms with van der Waals surface area (Å²) in [5, 5.41) is 5.10. The van der Waals surface area contributed by atoms with Gasteiger partial charge in [-0.1, -0.05) is 342 Å². The molecule has 0 saturated heterocycles. The summed E-state index contributed by atoms with van der Waals surface area (Å²) in [4.78, 5) is 10.4. The van der Waals surface area contributed by atoms with E-state index in [0.717, 1.165) is 22.7 Å². The molecule has 8 heteroatoms. The van der Waals surface area contributed by atoms with Gasteiger partial charge in [0.25, 0.3) is 0 Å². The van der Waals surface area contributed by atoms with E-state index in [1.807, 2.05) is 23.5 Å². The monoisotopic (exact) mass is 1500 g/mol. The molecule has 4 nitrogen and oxygen atoms in total. The second-order valence-electron chi connectivity index (χ2n) is 36.0. The van der Waals surface area contributed by atoms with Crippen LogP contribution in [0.1, 0.15) is 105 Å². The fraction of sp³-hybridized carbons (Fsp3) is 0.151. The topological polar surface area (TPSA) is 16.3 Å². The van der Waals surface area contributed by atoms with E-state index in [4.69, 9.17) is 0 Å². The summed E-state index contributed by atoms with van der Waals surface area (Å²) < 4.78 is 5.18. The van der Waals surface area contributed by atoms with Gasteiger partial charge in [0.05, 0.1) is 33.4 Å². The first-order valence-electron chi connectivity index (χ1n) is 40.4. The van der Waals surface area contributed by atoms with Gasteiger partial charge in [0.2, 0.25) is 13.4 Å². The van der Waals surface area contributed by atoms with E-state index in [9.17, 15) is 0 Å². The Labute approximate surface area is 679 Å². The number of aromatic nitrogens is 2.